The molecule has 0 N–H and O–H groups in total. The number of hydrogen-bond donors (Lipinski definition) is 0. The number of ketones is 1. The topological polar surface area (TPSA) is 56.5 Å². The predicted molar refractivity (Wildman–Crippen MR) is 105 cm³/mol. The van der Waals surface area contributed by atoms with Crippen molar-refractivity contribution in [3.63, 3.8) is 0 Å². The normalized spacial score (nSPS) is 10.7. The zero-order valence-electron chi connectivity index (χ0n) is 14.7. The fourth-order valence-corrected chi connectivity index (χ4v) is 3.11. The first-order valence-corrected chi connectivity index (χ1v) is 8.91. The summed E-state index contributed by atoms with van der Waals surface area (Å²) < 4.78 is 10.7. The first kappa shape index (κ1) is 19.2. The van der Waals surface area contributed by atoms with E-state index in [0.29, 0.717) is 32.7 Å². The minimum atomic E-state index is -0.546. The molecule has 1 heterocycles. The molecule has 0 fully saturated rings. The fourth-order valence-electron chi connectivity index (χ4n) is 2.86. The van der Waals surface area contributed by atoms with Crippen molar-refractivity contribution in [2.45, 2.75) is 13.3 Å². The van der Waals surface area contributed by atoms with E-state index in [1.165, 1.54) is 7.11 Å². The average molecular weight is 403 g/mol. The maximum Gasteiger partial charge on any atom is 0.341 e. The number of benzene rings is 2. The van der Waals surface area contributed by atoms with Gasteiger partial charge in [-0.3, -0.25) is 4.79 Å². The zero-order chi connectivity index (χ0) is 19.6. The molecule has 3 rings (SSSR count). The van der Waals surface area contributed by atoms with Gasteiger partial charge in [-0.25, -0.2) is 4.79 Å². The number of furan rings is 1. The molecule has 0 radical (unpaired) electrons. The Labute approximate surface area is 166 Å². The van der Waals surface area contributed by atoms with Crippen LogP contribution in [0.5, 0.6) is 0 Å². The van der Waals surface area contributed by atoms with Crippen LogP contribution in [-0.2, 0) is 11.2 Å². The second kappa shape index (κ2) is 7.99. The number of rotatable bonds is 5. The van der Waals surface area contributed by atoms with Crippen molar-refractivity contribution in [1.29, 1.82) is 0 Å². The summed E-state index contributed by atoms with van der Waals surface area (Å²) in [6.07, 6.45) is -0.0125. The summed E-state index contributed by atoms with van der Waals surface area (Å²) in [6.45, 7) is 1.67. The first-order chi connectivity index (χ1) is 12.9. The van der Waals surface area contributed by atoms with E-state index in [4.69, 9.17) is 32.4 Å². The predicted octanol–water partition coefficient (Wildman–Crippen LogP) is 5.77. The molecule has 0 aliphatic carbocycles. The summed E-state index contributed by atoms with van der Waals surface area (Å²) in [5, 5.41) is 1.12. The Bertz CT molecular complexity index is 986. The molecule has 6 heteroatoms. The van der Waals surface area contributed by atoms with Crippen LogP contribution in [0.2, 0.25) is 10.0 Å². The summed E-state index contributed by atoms with van der Waals surface area (Å²) in [6, 6.07) is 13.6. The largest absolute Gasteiger partial charge is 0.465 e. The third-order valence-electron chi connectivity index (χ3n) is 4.18. The third kappa shape index (κ3) is 4.07. The van der Waals surface area contributed by atoms with Crippen molar-refractivity contribution in [2.75, 3.05) is 7.11 Å². The van der Waals surface area contributed by atoms with Crippen LogP contribution in [-0.4, -0.2) is 18.9 Å². The van der Waals surface area contributed by atoms with Gasteiger partial charge in [0.05, 0.1) is 7.11 Å². The summed E-state index contributed by atoms with van der Waals surface area (Å²) in [5.74, 6) is 0.140. The monoisotopic (exact) mass is 402 g/mol. The fraction of sp³-hybridized carbons (Fsp3) is 0.143. The summed E-state index contributed by atoms with van der Waals surface area (Å²) >= 11 is 11.8. The van der Waals surface area contributed by atoms with E-state index in [2.05, 4.69) is 0 Å². The van der Waals surface area contributed by atoms with Crippen LogP contribution >= 0.6 is 23.2 Å². The van der Waals surface area contributed by atoms with E-state index in [1.807, 2.05) is 0 Å². The lowest BCUT2D eigenvalue weighted by molar-refractivity contribution is 0.0598. The lowest BCUT2D eigenvalue weighted by Crippen LogP contribution is -2.10. The number of Topliss-reactive ketones (excluding diaryl/α,β-unsaturated/α-hetero) is 1. The van der Waals surface area contributed by atoms with E-state index in [9.17, 15) is 9.59 Å². The second-order valence-corrected chi connectivity index (χ2v) is 6.82. The first-order valence-electron chi connectivity index (χ1n) is 8.16. The van der Waals surface area contributed by atoms with Crippen molar-refractivity contribution in [3.8, 4) is 11.3 Å². The van der Waals surface area contributed by atoms with Gasteiger partial charge in [0.25, 0.3) is 0 Å². The molecule has 0 atom stereocenters. The number of ether oxygens (including phenoxy) is 1. The van der Waals surface area contributed by atoms with Gasteiger partial charge >= 0.3 is 5.97 Å². The number of halogens is 2. The van der Waals surface area contributed by atoms with Crippen LogP contribution in [0.15, 0.2) is 52.9 Å². The zero-order valence-corrected chi connectivity index (χ0v) is 16.2. The second-order valence-electron chi connectivity index (χ2n) is 5.95. The molecule has 3 aromatic rings. The molecule has 0 spiro atoms. The van der Waals surface area contributed by atoms with Crippen LogP contribution < -0.4 is 0 Å². The van der Waals surface area contributed by atoms with Crippen LogP contribution in [0.4, 0.5) is 0 Å². The van der Waals surface area contributed by atoms with Crippen LogP contribution in [0.1, 0.15) is 32.0 Å². The minimum absolute atomic E-state index is 0.0125. The van der Waals surface area contributed by atoms with Gasteiger partial charge in [0.1, 0.15) is 17.1 Å². The van der Waals surface area contributed by atoms with Crippen molar-refractivity contribution in [2.24, 2.45) is 0 Å². The van der Waals surface area contributed by atoms with Gasteiger partial charge in [-0.05, 0) is 55.5 Å². The lowest BCUT2D eigenvalue weighted by atomic mass is 9.96. The molecule has 4 nitrogen and oxygen atoms in total. The van der Waals surface area contributed by atoms with Gasteiger partial charge in [-0.15, -0.1) is 0 Å². The highest BCUT2D eigenvalue weighted by molar-refractivity contribution is 6.31. The van der Waals surface area contributed by atoms with Crippen molar-refractivity contribution in [1.82, 2.24) is 0 Å². The Morgan fingerprint density at radius 1 is 0.963 bits per heavy atom. The van der Waals surface area contributed by atoms with Gasteiger partial charge < -0.3 is 9.15 Å². The number of carbonyl (C=O) groups is 2. The lowest BCUT2D eigenvalue weighted by Gasteiger charge is -2.06. The smallest absolute Gasteiger partial charge is 0.341 e. The van der Waals surface area contributed by atoms with Crippen molar-refractivity contribution >= 4 is 35.0 Å². The van der Waals surface area contributed by atoms with E-state index in [1.54, 1.807) is 55.5 Å². The molecule has 0 aliphatic rings. The number of methoxy groups -OCH3 is 1. The Hall–Kier alpha value is -2.56. The molecule has 0 saturated carbocycles. The number of aryl methyl sites for hydroxylation is 1. The van der Waals surface area contributed by atoms with Crippen LogP contribution in [0, 0.1) is 6.92 Å². The summed E-state index contributed by atoms with van der Waals surface area (Å²) in [7, 11) is 1.29. The molecule has 2 aromatic carbocycles. The highest BCUT2D eigenvalue weighted by Gasteiger charge is 2.27. The minimum Gasteiger partial charge on any atom is -0.465 e. The molecule has 0 aliphatic heterocycles. The Balaban J connectivity index is 2.07. The molecule has 1 aromatic heterocycles. The summed E-state index contributed by atoms with van der Waals surface area (Å²) in [5.41, 5.74) is 1.97. The SMILES string of the molecule is COC(=O)c1c(C)oc(-c2ccc(Cl)cc2)c1CC(=O)c1ccc(Cl)cc1. The van der Waals surface area contributed by atoms with Crippen LogP contribution in [0.25, 0.3) is 11.3 Å². The Morgan fingerprint density at radius 2 is 1.52 bits per heavy atom. The van der Waals surface area contributed by atoms with E-state index in [0.717, 1.165) is 5.56 Å². The Kier molecular flexibility index (Phi) is 5.68. The molecule has 138 valence electrons. The number of carbonyl (C=O) groups excluding carboxylic acids is 2. The quantitative estimate of drug-likeness (QED) is 0.401. The maximum atomic E-state index is 12.8. The van der Waals surface area contributed by atoms with E-state index >= 15 is 0 Å². The van der Waals surface area contributed by atoms with Gasteiger partial charge in [-0.2, -0.15) is 0 Å². The number of esters is 1. The molecule has 0 saturated heterocycles. The highest BCUT2D eigenvalue weighted by Crippen LogP contribution is 2.33. The molecule has 0 amide bonds. The maximum absolute atomic E-state index is 12.8. The highest BCUT2D eigenvalue weighted by atomic mass is 35.5. The van der Waals surface area contributed by atoms with Gasteiger partial charge in [0, 0.05) is 33.2 Å². The average Bonchev–Trinajstić information content (AvgIpc) is 2.98. The van der Waals surface area contributed by atoms with Crippen molar-refractivity contribution < 1.29 is 18.7 Å². The van der Waals surface area contributed by atoms with E-state index in [-0.39, 0.29) is 17.8 Å². The molecule has 27 heavy (non-hydrogen) atoms. The van der Waals surface area contributed by atoms with Crippen LogP contribution in [0.3, 0.4) is 0 Å². The molecular weight excluding hydrogens is 387 g/mol. The van der Waals surface area contributed by atoms with Crippen molar-refractivity contribution in [3.05, 3.63) is 81.0 Å². The summed E-state index contributed by atoms with van der Waals surface area (Å²) in [4.78, 5) is 25.1. The molecular formula is C21H16Cl2O4. The van der Waals surface area contributed by atoms with Gasteiger partial charge in [-0.1, -0.05) is 23.2 Å². The van der Waals surface area contributed by atoms with E-state index < -0.39 is 5.97 Å². The van der Waals surface area contributed by atoms with Gasteiger partial charge in [0.15, 0.2) is 5.78 Å². The van der Waals surface area contributed by atoms with Gasteiger partial charge in [0.2, 0.25) is 0 Å². The number of hydrogen-bond acceptors (Lipinski definition) is 4. The Morgan fingerprint density at radius 3 is 2.07 bits per heavy atom. The standard InChI is InChI=1S/C21H16Cl2O4/c1-12-19(21(25)26-2)17(11-18(24)13-3-7-15(22)8-4-13)20(27-12)14-5-9-16(23)10-6-14/h3-10H,11H2,1-2H3. The third-order valence-corrected chi connectivity index (χ3v) is 4.69. The molecule has 0 unspecified atom stereocenters. The molecule has 0 bridgehead atoms.